The maximum atomic E-state index is 13.1. The van der Waals surface area contributed by atoms with Gasteiger partial charge in [-0.25, -0.2) is 13.3 Å². The SMILES string of the molecule is O=C(Cn1ccn2nccc2c1=O)c1ccc(F)c(F)c1. The lowest BCUT2D eigenvalue weighted by Gasteiger charge is -2.06. The maximum absolute atomic E-state index is 13.1. The van der Waals surface area contributed by atoms with Crippen molar-refractivity contribution >= 4 is 11.3 Å². The molecule has 3 aromatic rings. The number of hydrogen-bond donors (Lipinski definition) is 0. The monoisotopic (exact) mass is 289 g/mol. The van der Waals surface area contributed by atoms with E-state index in [0.29, 0.717) is 5.52 Å². The van der Waals surface area contributed by atoms with E-state index in [4.69, 9.17) is 0 Å². The molecule has 0 saturated carbocycles. The van der Waals surface area contributed by atoms with E-state index in [1.807, 2.05) is 0 Å². The van der Waals surface area contributed by atoms with Crippen LogP contribution in [0, 0.1) is 11.6 Å². The molecule has 0 bridgehead atoms. The Hall–Kier alpha value is -2.83. The molecule has 0 aliphatic carbocycles. The molecular weight excluding hydrogens is 280 g/mol. The Morgan fingerprint density at radius 2 is 1.95 bits per heavy atom. The van der Waals surface area contributed by atoms with Gasteiger partial charge >= 0.3 is 0 Å². The van der Waals surface area contributed by atoms with Crippen LogP contribution < -0.4 is 5.56 Å². The average molecular weight is 289 g/mol. The van der Waals surface area contributed by atoms with Gasteiger partial charge in [0.1, 0.15) is 5.52 Å². The molecule has 0 amide bonds. The van der Waals surface area contributed by atoms with Crippen molar-refractivity contribution in [3.8, 4) is 0 Å². The van der Waals surface area contributed by atoms with Crippen molar-refractivity contribution in [2.45, 2.75) is 6.54 Å². The second-order valence-electron chi connectivity index (χ2n) is 4.44. The smallest absolute Gasteiger partial charge is 0.276 e. The standard InChI is InChI=1S/C14H9F2N3O2/c15-10-2-1-9(7-11(10)16)13(20)8-18-5-6-19-12(14(18)21)3-4-17-19/h1-7H,8H2. The molecule has 1 aromatic carbocycles. The van der Waals surface area contributed by atoms with Gasteiger partial charge in [-0.05, 0) is 24.3 Å². The second kappa shape index (κ2) is 4.93. The van der Waals surface area contributed by atoms with Gasteiger partial charge in [-0.3, -0.25) is 9.59 Å². The topological polar surface area (TPSA) is 56.4 Å². The van der Waals surface area contributed by atoms with Gasteiger partial charge in [0.25, 0.3) is 5.56 Å². The molecule has 106 valence electrons. The Balaban J connectivity index is 1.94. The number of Topliss-reactive ketones (excluding diaryl/α,β-unsaturated/α-hetero) is 1. The minimum Gasteiger partial charge on any atom is -0.304 e. The average Bonchev–Trinajstić information content (AvgIpc) is 2.94. The third kappa shape index (κ3) is 2.33. The van der Waals surface area contributed by atoms with Crippen LogP contribution in [0.5, 0.6) is 0 Å². The predicted molar refractivity (Wildman–Crippen MR) is 70.1 cm³/mol. The molecule has 2 aromatic heterocycles. The molecule has 0 fully saturated rings. The summed E-state index contributed by atoms with van der Waals surface area (Å²) in [5, 5.41) is 3.91. The van der Waals surface area contributed by atoms with Crippen molar-refractivity contribution in [2.24, 2.45) is 0 Å². The number of carbonyl (C=O) groups excluding carboxylic acids is 1. The molecule has 5 nitrogen and oxygen atoms in total. The highest BCUT2D eigenvalue weighted by molar-refractivity contribution is 5.95. The van der Waals surface area contributed by atoms with Gasteiger partial charge in [-0.1, -0.05) is 0 Å². The summed E-state index contributed by atoms with van der Waals surface area (Å²) in [4.78, 5) is 24.1. The molecule has 0 atom stereocenters. The summed E-state index contributed by atoms with van der Waals surface area (Å²) in [6.07, 6.45) is 4.42. The fourth-order valence-electron chi connectivity index (χ4n) is 2.00. The molecule has 0 aliphatic rings. The van der Waals surface area contributed by atoms with E-state index in [0.717, 1.165) is 12.1 Å². The minimum atomic E-state index is -1.10. The van der Waals surface area contributed by atoms with Crippen molar-refractivity contribution in [3.05, 3.63) is 70.4 Å². The molecule has 0 N–H and O–H groups in total. The summed E-state index contributed by atoms with van der Waals surface area (Å²) < 4.78 is 28.5. The van der Waals surface area contributed by atoms with Crippen molar-refractivity contribution < 1.29 is 13.6 Å². The number of hydrogen-bond acceptors (Lipinski definition) is 3. The lowest BCUT2D eigenvalue weighted by atomic mass is 10.1. The third-order valence-electron chi connectivity index (χ3n) is 3.09. The maximum Gasteiger partial charge on any atom is 0.276 e. The fraction of sp³-hybridized carbons (Fsp3) is 0.0714. The summed E-state index contributed by atoms with van der Waals surface area (Å²) >= 11 is 0. The van der Waals surface area contributed by atoms with Crippen LogP contribution >= 0.6 is 0 Å². The highest BCUT2D eigenvalue weighted by atomic mass is 19.2. The summed E-state index contributed by atoms with van der Waals surface area (Å²) in [6.45, 7) is -0.258. The quantitative estimate of drug-likeness (QED) is 0.689. The molecule has 0 aliphatic heterocycles. The van der Waals surface area contributed by atoms with Gasteiger partial charge < -0.3 is 4.57 Å². The number of benzene rings is 1. The van der Waals surface area contributed by atoms with E-state index in [9.17, 15) is 18.4 Å². The van der Waals surface area contributed by atoms with Crippen LogP contribution in [0.2, 0.25) is 0 Å². The number of halogens is 2. The van der Waals surface area contributed by atoms with E-state index in [-0.39, 0.29) is 17.7 Å². The minimum absolute atomic E-state index is 0.00850. The van der Waals surface area contributed by atoms with Crippen molar-refractivity contribution in [1.29, 1.82) is 0 Å². The van der Waals surface area contributed by atoms with Gasteiger partial charge in [0.15, 0.2) is 17.4 Å². The Bertz CT molecular complexity index is 899. The van der Waals surface area contributed by atoms with Gasteiger partial charge in [-0.2, -0.15) is 5.10 Å². The van der Waals surface area contributed by atoms with E-state index < -0.39 is 17.4 Å². The number of carbonyl (C=O) groups is 1. The summed E-state index contributed by atoms with van der Waals surface area (Å²) in [7, 11) is 0. The molecule has 3 rings (SSSR count). The first kappa shape index (κ1) is 13.2. The molecule has 2 heterocycles. The molecule has 0 saturated heterocycles. The van der Waals surface area contributed by atoms with Crippen LogP contribution in [0.3, 0.4) is 0 Å². The molecule has 0 radical (unpaired) electrons. The molecule has 7 heteroatoms. The molecular formula is C14H9F2N3O2. The highest BCUT2D eigenvalue weighted by Gasteiger charge is 2.12. The normalized spacial score (nSPS) is 11.0. The molecule has 21 heavy (non-hydrogen) atoms. The Morgan fingerprint density at radius 3 is 2.71 bits per heavy atom. The number of ketones is 1. The first-order valence-corrected chi connectivity index (χ1v) is 6.07. The Labute approximate surface area is 117 Å². The lowest BCUT2D eigenvalue weighted by molar-refractivity contribution is 0.0970. The van der Waals surface area contributed by atoms with E-state index >= 15 is 0 Å². The number of aromatic nitrogens is 3. The van der Waals surface area contributed by atoms with Crippen LogP contribution in [0.4, 0.5) is 8.78 Å². The van der Waals surface area contributed by atoms with E-state index in [1.165, 1.54) is 39.8 Å². The van der Waals surface area contributed by atoms with Gasteiger partial charge in [0, 0.05) is 18.0 Å². The summed E-state index contributed by atoms with van der Waals surface area (Å²) in [5.74, 6) is -2.61. The van der Waals surface area contributed by atoms with Crippen LogP contribution in [-0.2, 0) is 6.54 Å². The first-order chi connectivity index (χ1) is 10.1. The largest absolute Gasteiger partial charge is 0.304 e. The highest BCUT2D eigenvalue weighted by Crippen LogP contribution is 2.10. The first-order valence-electron chi connectivity index (χ1n) is 6.07. The van der Waals surface area contributed by atoms with Gasteiger partial charge in [0.05, 0.1) is 12.7 Å². The van der Waals surface area contributed by atoms with E-state index in [2.05, 4.69) is 5.10 Å². The Kier molecular flexibility index (Phi) is 3.09. The zero-order valence-corrected chi connectivity index (χ0v) is 10.7. The summed E-state index contributed by atoms with van der Waals surface area (Å²) in [5.41, 5.74) is -0.0456. The van der Waals surface area contributed by atoms with Crippen molar-refractivity contribution in [2.75, 3.05) is 0 Å². The summed E-state index contributed by atoms with van der Waals surface area (Å²) in [6, 6.07) is 4.41. The van der Waals surface area contributed by atoms with Crippen LogP contribution in [0.1, 0.15) is 10.4 Å². The van der Waals surface area contributed by atoms with Gasteiger partial charge in [-0.15, -0.1) is 0 Å². The third-order valence-corrected chi connectivity index (χ3v) is 3.09. The predicted octanol–water partition coefficient (Wildman–Crippen LogP) is 1.66. The number of fused-ring (bicyclic) bond motifs is 1. The number of rotatable bonds is 3. The zero-order valence-electron chi connectivity index (χ0n) is 10.7. The molecule has 0 spiro atoms. The number of nitrogens with zero attached hydrogens (tertiary/aromatic N) is 3. The molecule has 0 unspecified atom stereocenters. The second-order valence-corrected chi connectivity index (χ2v) is 4.44. The van der Waals surface area contributed by atoms with Crippen molar-refractivity contribution in [3.63, 3.8) is 0 Å². The van der Waals surface area contributed by atoms with E-state index in [1.54, 1.807) is 0 Å². The zero-order chi connectivity index (χ0) is 15.0. The fourth-order valence-corrected chi connectivity index (χ4v) is 2.00. The van der Waals surface area contributed by atoms with Crippen LogP contribution in [0.25, 0.3) is 5.52 Å². The van der Waals surface area contributed by atoms with Crippen LogP contribution in [0.15, 0.2) is 47.7 Å². The van der Waals surface area contributed by atoms with Crippen LogP contribution in [-0.4, -0.2) is 20.0 Å². The van der Waals surface area contributed by atoms with Gasteiger partial charge in [0.2, 0.25) is 0 Å². The Morgan fingerprint density at radius 1 is 1.14 bits per heavy atom. The lowest BCUT2D eigenvalue weighted by Crippen LogP contribution is -2.25. The van der Waals surface area contributed by atoms with Crippen molar-refractivity contribution in [1.82, 2.24) is 14.2 Å².